The van der Waals surface area contributed by atoms with E-state index in [0.717, 1.165) is 20.9 Å². The van der Waals surface area contributed by atoms with Crippen molar-refractivity contribution >= 4 is 42.8 Å². The number of nitrogens with one attached hydrogen (secondary N) is 2. The minimum Gasteiger partial charge on any atom is -0.350 e. The summed E-state index contributed by atoms with van der Waals surface area (Å²) in [5.74, 6) is -0.218. The fourth-order valence-corrected chi connectivity index (χ4v) is 5.04. The van der Waals surface area contributed by atoms with Gasteiger partial charge in [-0.25, -0.2) is 8.42 Å². The van der Waals surface area contributed by atoms with Crippen molar-refractivity contribution in [2.45, 2.75) is 31.7 Å². The van der Waals surface area contributed by atoms with Crippen LogP contribution < -0.4 is 5.32 Å². The molecular formula is C21H24BrN3O3S. The van der Waals surface area contributed by atoms with E-state index in [1.807, 2.05) is 45.0 Å². The number of rotatable bonds is 7. The highest BCUT2D eigenvalue weighted by Crippen LogP contribution is 2.22. The Morgan fingerprint density at radius 1 is 1.10 bits per heavy atom. The van der Waals surface area contributed by atoms with E-state index in [1.165, 1.54) is 4.31 Å². The van der Waals surface area contributed by atoms with Crippen molar-refractivity contribution in [1.82, 2.24) is 14.6 Å². The second-order valence-corrected chi connectivity index (χ2v) is 9.62. The molecule has 1 aromatic heterocycles. The maximum absolute atomic E-state index is 12.6. The number of amides is 1. The lowest BCUT2D eigenvalue weighted by molar-refractivity contribution is 0.0935. The van der Waals surface area contributed by atoms with E-state index in [2.05, 4.69) is 26.2 Å². The SMILES string of the molecule is CCN(CC)S(=O)(=O)c1ccc(C(C)NC(=O)c2cc3ccc(Br)cc3[nH]2)cc1. The minimum absolute atomic E-state index is 0.218. The Balaban J connectivity index is 1.74. The average Bonchev–Trinajstić information content (AvgIpc) is 3.12. The second kappa shape index (κ2) is 8.69. The summed E-state index contributed by atoms with van der Waals surface area (Å²) in [5, 5.41) is 3.91. The predicted molar refractivity (Wildman–Crippen MR) is 118 cm³/mol. The molecule has 0 fully saturated rings. The molecule has 0 saturated heterocycles. The van der Waals surface area contributed by atoms with Crippen LogP contribution in [0.4, 0.5) is 0 Å². The zero-order valence-electron chi connectivity index (χ0n) is 16.6. The standard InChI is InChI=1S/C21H24BrN3O3S/c1-4-25(5-2)29(27,28)18-10-7-15(8-11-18)14(3)23-21(26)20-12-16-6-9-17(22)13-19(16)24-20/h6-14,24H,4-5H2,1-3H3,(H,23,26). The van der Waals surface area contributed by atoms with Gasteiger partial charge in [0, 0.05) is 28.5 Å². The van der Waals surface area contributed by atoms with Crippen LogP contribution >= 0.6 is 15.9 Å². The monoisotopic (exact) mass is 477 g/mol. The lowest BCUT2D eigenvalue weighted by Gasteiger charge is -2.19. The summed E-state index contributed by atoms with van der Waals surface area (Å²) >= 11 is 3.42. The van der Waals surface area contributed by atoms with Crippen LogP contribution in [0.1, 0.15) is 42.9 Å². The maximum atomic E-state index is 12.6. The summed E-state index contributed by atoms with van der Waals surface area (Å²) in [7, 11) is -3.49. The molecule has 0 aliphatic rings. The van der Waals surface area contributed by atoms with E-state index in [9.17, 15) is 13.2 Å². The molecule has 8 heteroatoms. The number of hydrogen-bond donors (Lipinski definition) is 2. The quantitative estimate of drug-likeness (QED) is 0.527. The van der Waals surface area contributed by atoms with Gasteiger partial charge < -0.3 is 10.3 Å². The van der Waals surface area contributed by atoms with Crippen LogP contribution in [0, 0.1) is 0 Å². The molecule has 0 aliphatic heterocycles. The lowest BCUT2D eigenvalue weighted by atomic mass is 10.1. The molecule has 1 heterocycles. The van der Waals surface area contributed by atoms with Crippen LogP contribution in [0.3, 0.4) is 0 Å². The summed E-state index contributed by atoms with van der Waals surface area (Å²) < 4.78 is 27.5. The number of halogens is 1. The van der Waals surface area contributed by atoms with Crippen LogP contribution in [-0.4, -0.2) is 36.7 Å². The Labute approximate surface area is 179 Å². The van der Waals surface area contributed by atoms with Gasteiger partial charge in [0.25, 0.3) is 5.91 Å². The number of aromatic amines is 1. The molecule has 6 nitrogen and oxygen atoms in total. The van der Waals surface area contributed by atoms with E-state index < -0.39 is 10.0 Å². The summed E-state index contributed by atoms with van der Waals surface area (Å²) in [6, 6.07) is 14.0. The van der Waals surface area contributed by atoms with E-state index in [0.29, 0.717) is 18.8 Å². The highest BCUT2D eigenvalue weighted by Gasteiger charge is 2.22. The van der Waals surface area contributed by atoms with Gasteiger partial charge in [0.1, 0.15) is 5.69 Å². The summed E-state index contributed by atoms with van der Waals surface area (Å²) in [6.45, 7) is 6.35. The van der Waals surface area contributed by atoms with Gasteiger partial charge in [-0.3, -0.25) is 4.79 Å². The Bertz CT molecular complexity index is 1120. The summed E-state index contributed by atoms with van der Waals surface area (Å²) in [4.78, 5) is 16.0. The molecule has 0 saturated carbocycles. The van der Waals surface area contributed by atoms with Gasteiger partial charge in [-0.1, -0.05) is 48.0 Å². The van der Waals surface area contributed by atoms with Crippen molar-refractivity contribution in [3.05, 3.63) is 64.3 Å². The first-order valence-corrected chi connectivity index (χ1v) is 11.7. The van der Waals surface area contributed by atoms with Gasteiger partial charge in [0.2, 0.25) is 10.0 Å². The number of carbonyl (C=O) groups is 1. The first-order chi connectivity index (χ1) is 13.8. The van der Waals surface area contributed by atoms with E-state index >= 15 is 0 Å². The van der Waals surface area contributed by atoms with Crippen molar-refractivity contribution in [1.29, 1.82) is 0 Å². The van der Waals surface area contributed by atoms with Crippen molar-refractivity contribution in [2.75, 3.05) is 13.1 Å². The number of sulfonamides is 1. The number of H-pyrrole nitrogens is 1. The van der Waals surface area contributed by atoms with Gasteiger partial charge >= 0.3 is 0 Å². The number of benzene rings is 2. The minimum atomic E-state index is -3.49. The third-order valence-corrected chi connectivity index (χ3v) is 7.46. The van der Waals surface area contributed by atoms with Gasteiger partial charge in [0.15, 0.2) is 0 Å². The molecule has 1 amide bonds. The highest BCUT2D eigenvalue weighted by molar-refractivity contribution is 9.10. The van der Waals surface area contributed by atoms with E-state index in [-0.39, 0.29) is 16.8 Å². The molecule has 1 unspecified atom stereocenters. The zero-order valence-corrected chi connectivity index (χ0v) is 19.0. The smallest absolute Gasteiger partial charge is 0.268 e. The average molecular weight is 478 g/mol. The molecule has 1 atom stereocenters. The number of nitrogens with zero attached hydrogens (tertiary/aromatic N) is 1. The van der Waals surface area contributed by atoms with Crippen LogP contribution in [0.15, 0.2) is 57.9 Å². The van der Waals surface area contributed by atoms with Gasteiger partial charge in [-0.05, 0) is 42.8 Å². The van der Waals surface area contributed by atoms with Gasteiger partial charge in [0.05, 0.1) is 10.9 Å². The third kappa shape index (κ3) is 4.55. The molecule has 2 aromatic carbocycles. The van der Waals surface area contributed by atoms with Crippen molar-refractivity contribution in [3.8, 4) is 0 Å². The molecule has 0 bridgehead atoms. The molecule has 2 N–H and O–H groups in total. The van der Waals surface area contributed by atoms with Crippen molar-refractivity contribution in [3.63, 3.8) is 0 Å². The Morgan fingerprint density at radius 3 is 2.38 bits per heavy atom. The van der Waals surface area contributed by atoms with Gasteiger partial charge in [-0.2, -0.15) is 4.31 Å². The van der Waals surface area contributed by atoms with Crippen molar-refractivity contribution < 1.29 is 13.2 Å². The topological polar surface area (TPSA) is 82.3 Å². The first kappa shape index (κ1) is 21.5. The van der Waals surface area contributed by atoms with Crippen LogP contribution in [-0.2, 0) is 10.0 Å². The van der Waals surface area contributed by atoms with Crippen LogP contribution in [0.2, 0.25) is 0 Å². The van der Waals surface area contributed by atoms with Gasteiger partial charge in [-0.15, -0.1) is 0 Å². The predicted octanol–water partition coefficient (Wildman–Crippen LogP) is 4.45. The van der Waals surface area contributed by atoms with Crippen LogP contribution in [0.25, 0.3) is 10.9 Å². The lowest BCUT2D eigenvalue weighted by Crippen LogP contribution is -2.30. The highest BCUT2D eigenvalue weighted by atomic mass is 79.9. The fraction of sp³-hybridized carbons (Fsp3) is 0.286. The fourth-order valence-electron chi connectivity index (χ4n) is 3.22. The first-order valence-electron chi connectivity index (χ1n) is 9.45. The van der Waals surface area contributed by atoms with Crippen LogP contribution in [0.5, 0.6) is 0 Å². The summed E-state index contributed by atoms with van der Waals surface area (Å²) in [6.07, 6.45) is 0. The third-order valence-electron chi connectivity index (χ3n) is 4.90. The van der Waals surface area contributed by atoms with E-state index in [4.69, 9.17) is 0 Å². The molecule has 3 rings (SSSR count). The zero-order chi connectivity index (χ0) is 21.2. The number of fused-ring (bicyclic) bond motifs is 1. The van der Waals surface area contributed by atoms with E-state index in [1.54, 1.807) is 24.3 Å². The molecule has 0 spiro atoms. The Kier molecular flexibility index (Phi) is 6.45. The molecule has 3 aromatic rings. The summed E-state index contributed by atoms with van der Waals surface area (Å²) in [5.41, 5.74) is 2.18. The molecule has 0 radical (unpaired) electrons. The number of hydrogen-bond acceptors (Lipinski definition) is 3. The Morgan fingerprint density at radius 2 is 1.76 bits per heavy atom. The second-order valence-electron chi connectivity index (χ2n) is 6.77. The van der Waals surface area contributed by atoms with Crippen molar-refractivity contribution in [2.24, 2.45) is 0 Å². The molecule has 154 valence electrons. The Hall–Kier alpha value is -2.16. The largest absolute Gasteiger partial charge is 0.350 e. The molecule has 0 aliphatic carbocycles. The molecular weight excluding hydrogens is 454 g/mol. The molecule has 29 heavy (non-hydrogen) atoms. The maximum Gasteiger partial charge on any atom is 0.268 e. The normalized spacial score (nSPS) is 13.0. The number of carbonyl (C=O) groups excluding carboxylic acids is 1. The number of aromatic nitrogens is 1.